The van der Waals surface area contributed by atoms with Crippen LogP contribution in [0.25, 0.3) is 0 Å². The summed E-state index contributed by atoms with van der Waals surface area (Å²) in [4.78, 5) is 42.6. The lowest BCUT2D eigenvalue weighted by Gasteiger charge is -2.26. The first-order valence-electron chi connectivity index (χ1n) is 10.5. The third kappa shape index (κ3) is 4.61. The lowest BCUT2D eigenvalue weighted by Crippen LogP contribution is -2.48. The van der Waals surface area contributed by atoms with Crippen LogP contribution in [0.15, 0.2) is 35.8 Å². The fourth-order valence-electron chi connectivity index (χ4n) is 4.33. The summed E-state index contributed by atoms with van der Waals surface area (Å²) >= 11 is 0. The molecule has 0 bridgehead atoms. The van der Waals surface area contributed by atoms with Gasteiger partial charge in [-0.25, -0.2) is 0 Å². The van der Waals surface area contributed by atoms with Crippen LogP contribution >= 0.6 is 0 Å². The van der Waals surface area contributed by atoms with Gasteiger partial charge < -0.3 is 16.4 Å². The molecule has 1 aliphatic carbocycles. The summed E-state index contributed by atoms with van der Waals surface area (Å²) in [5.41, 5.74) is 9.25. The van der Waals surface area contributed by atoms with Gasteiger partial charge in [-0.3, -0.25) is 19.4 Å². The molecule has 1 aromatic rings. The molecule has 160 valence electrons. The molecule has 1 heterocycles. The fraction of sp³-hybridized carbons (Fsp3) is 0.478. The number of aryl methyl sites for hydroxylation is 1. The second-order valence-electron chi connectivity index (χ2n) is 8.44. The number of nitrogens with two attached hydrogens (primary N) is 1. The van der Waals surface area contributed by atoms with Crippen molar-refractivity contribution in [2.75, 3.05) is 5.32 Å². The highest BCUT2D eigenvalue weighted by Crippen LogP contribution is 2.31. The normalized spacial score (nSPS) is 19.6. The van der Waals surface area contributed by atoms with Gasteiger partial charge >= 0.3 is 0 Å². The minimum absolute atomic E-state index is 0.173. The van der Waals surface area contributed by atoms with Gasteiger partial charge in [0.2, 0.25) is 18.0 Å². The predicted octanol–water partition coefficient (Wildman–Crippen LogP) is 2.55. The van der Waals surface area contributed by atoms with Crippen molar-refractivity contribution in [2.24, 2.45) is 28.5 Å². The first-order valence-corrected chi connectivity index (χ1v) is 10.5. The number of nitrogens with zero attached hydrogens (tertiary/aromatic N) is 1. The van der Waals surface area contributed by atoms with Crippen LogP contribution in [0.5, 0.6) is 0 Å². The second-order valence-corrected chi connectivity index (χ2v) is 8.44. The maximum Gasteiger partial charge on any atom is 0.269 e. The van der Waals surface area contributed by atoms with Crippen LogP contribution in [0.1, 0.15) is 50.7 Å². The van der Waals surface area contributed by atoms with Gasteiger partial charge in [-0.2, -0.15) is 0 Å². The fourth-order valence-corrected chi connectivity index (χ4v) is 4.33. The molecule has 2 aliphatic rings. The molecule has 3 amide bonds. The number of primary amides is 1. The predicted molar refractivity (Wildman–Crippen MR) is 117 cm³/mol. The zero-order chi connectivity index (χ0) is 21.8. The van der Waals surface area contributed by atoms with Crippen LogP contribution in [0.4, 0.5) is 5.69 Å². The number of hydrogen-bond donors (Lipinski definition) is 3. The minimum Gasteiger partial charge on any atom is -0.369 e. The van der Waals surface area contributed by atoms with E-state index in [9.17, 15) is 14.4 Å². The van der Waals surface area contributed by atoms with E-state index in [0.29, 0.717) is 12.8 Å². The van der Waals surface area contributed by atoms with Crippen LogP contribution in [0, 0.1) is 17.8 Å². The van der Waals surface area contributed by atoms with E-state index in [2.05, 4.69) is 22.2 Å². The molecule has 3 atom stereocenters. The lowest BCUT2D eigenvalue weighted by atomic mass is 9.82. The van der Waals surface area contributed by atoms with E-state index >= 15 is 0 Å². The third-order valence-electron chi connectivity index (χ3n) is 5.70. The van der Waals surface area contributed by atoms with Crippen molar-refractivity contribution in [3.63, 3.8) is 0 Å². The summed E-state index contributed by atoms with van der Waals surface area (Å²) in [6.07, 6.45) is 3.97. The molecule has 1 aliphatic heterocycles. The zero-order valence-corrected chi connectivity index (χ0v) is 17.6. The molecule has 7 heteroatoms. The lowest BCUT2D eigenvalue weighted by molar-refractivity contribution is -0.135. The number of allylic oxidation sites excluding steroid dienone is 1. The first kappa shape index (κ1) is 21.7. The van der Waals surface area contributed by atoms with Crippen LogP contribution in [-0.4, -0.2) is 29.6 Å². The number of benzene rings is 1. The SMILES string of the molecule is C=CC[C@H](C(N)=O)[C@@H](CC(C)C)C(=O)NC1N=C2CCCc3cccc(c32)NC1=O. The van der Waals surface area contributed by atoms with Gasteiger partial charge in [0.05, 0.1) is 17.5 Å². The van der Waals surface area contributed by atoms with Crippen molar-refractivity contribution in [3.8, 4) is 0 Å². The molecule has 0 radical (unpaired) electrons. The van der Waals surface area contributed by atoms with Crippen LogP contribution in [-0.2, 0) is 20.8 Å². The monoisotopic (exact) mass is 410 g/mol. The van der Waals surface area contributed by atoms with E-state index in [1.807, 2.05) is 32.0 Å². The van der Waals surface area contributed by atoms with Crippen molar-refractivity contribution >= 4 is 29.1 Å². The number of rotatable bonds is 8. The van der Waals surface area contributed by atoms with Crippen LogP contribution in [0.2, 0.25) is 0 Å². The van der Waals surface area contributed by atoms with E-state index < -0.39 is 23.9 Å². The quantitative estimate of drug-likeness (QED) is 0.572. The van der Waals surface area contributed by atoms with E-state index in [1.165, 1.54) is 0 Å². The van der Waals surface area contributed by atoms with Crippen molar-refractivity contribution in [1.29, 1.82) is 0 Å². The van der Waals surface area contributed by atoms with Gasteiger partial charge in [-0.15, -0.1) is 6.58 Å². The van der Waals surface area contributed by atoms with Crippen molar-refractivity contribution in [2.45, 2.75) is 52.1 Å². The van der Waals surface area contributed by atoms with Gasteiger partial charge in [-0.1, -0.05) is 32.1 Å². The molecule has 7 nitrogen and oxygen atoms in total. The molecule has 4 N–H and O–H groups in total. The number of nitrogens with one attached hydrogen (secondary N) is 2. The molecular weight excluding hydrogens is 380 g/mol. The van der Waals surface area contributed by atoms with Crippen molar-refractivity contribution in [1.82, 2.24) is 5.32 Å². The molecule has 1 unspecified atom stereocenters. The molecular formula is C23H30N4O3. The molecule has 3 rings (SSSR count). The Balaban J connectivity index is 1.88. The van der Waals surface area contributed by atoms with Crippen molar-refractivity contribution in [3.05, 3.63) is 42.0 Å². The summed E-state index contributed by atoms with van der Waals surface area (Å²) in [5.74, 6) is -2.48. The maximum absolute atomic E-state index is 13.2. The third-order valence-corrected chi connectivity index (χ3v) is 5.70. The Bertz CT molecular complexity index is 890. The van der Waals surface area contributed by atoms with Gasteiger partial charge in [0.15, 0.2) is 0 Å². The second kappa shape index (κ2) is 9.24. The molecule has 0 spiro atoms. The Morgan fingerprint density at radius 2 is 2.10 bits per heavy atom. The van der Waals surface area contributed by atoms with Gasteiger partial charge in [0.25, 0.3) is 5.91 Å². The Labute approximate surface area is 177 Å². The number of anilines is 1. The summed E-state index contributed by atoms with van der Waals surface area (Å²) in [6, 6.07) is 5.82. The zero-order valence-electron chi connectivity index (χ0n) is 17.6. The Hall–Kier alpha value is -2.96. The molecule has 0 saturated carbocycles. The maximum atomic E-state index is 13.2. The highest BCUT2D eigenvalue weighted by atomic mass is 16.2. The summed E-state index contributed by atoms with van der Waals surface area (Å²) in [7, 11) is 0. The topological polar surface area (TPSA) is 114 Å². The standard InChI is InChI=1S/C23H30N4O3/c1-4-7-15(20(24)28)16(12-13(2)3)22(29)27-21-23(30)26-18-11-6-9-14-8-5-10-17(25-21)19(14)18/h4,6,9,11,13,15-16,21H,1,5,7-8,10,12H2,2-3H3,(H2,24,28)(H,26,30)(H,27,29)/t15-,16+,21?/m0/s1. The van der Waals surface area contributed by atoms with Gasteiger partial charge in [-0.05, 0) is 49.7 Å². The average Bonchev–Trinajstić information content (AvgIpc) is 2.82. The van der Waals surface area contributed by atoms with Crippen molar-refractivity contribution < 1.29 is 14.4 Å². The number of amides is 3. The molecule has 0 fully saturated rings. The highest BCUT2D eigenvalue weighted by Gasteiger charge is 2.35. The first-order chi connectivity index (χ1) is 14.3. The highest BCUT2D eigenvalue weighted by molar-refractivity contribution is 6.13. The molecule has 0 aromatic heterocycles. The molecule has 1 aromatic carbocycles. The Morgan fingerprint density at radius 1 is 1.33 bits per heavy atom. The smallest absolute Gasteiger partial charge is 0.269 e. The number of carbonyl (C=O) groups is 3. The summed E-state index contributed by atoms with van der Waals surface area (Å²) in [5, 5.41) is 5.67. The summed E-state index contributed by atoms with van der Waals surface area (Å²) in [6.45, 7) is 7.63. The summed E-state index contributed by atoms with van der Waals surface area (Å²) < 4.78 is 0. The number of hydrogen-bond acceptors (Lipinski definition) is 4. The van der Waals surface area contributed by atoms with E-state index in [4.69, 9.17) is 5.73 Å². The Kier molecular flexibility index (Phi) is 6.70. The van der Waals surface area contributed by atoms with Gasteiger partial charge in [0.1, 0.15) is 0 Å². The molecule has 0 saturated heterocycles. The molecule has 30 heavy (non-hydrogen) atoms. The van der Waals surface area contributed by atoms with Gasteiger partial charge in [0, 0.05) is 11.3 Å². The number of carbonyl (C=O) groups excluding carboxylic acids is 3. The van der Waals surface area contributed by atoms with E-state index in [-0.39, 0.29) is 17.7 Å². The largest absolute Gasteiger partial charge is 0.369 e. The van der Waals surface area contributed by atoms with E-state index in [1.54, 1.807) is 6.08 Å². The van der Waals surface area contributed by atoms with Crippen LogP contribution < -0.4 is 16.4 Å². The Morgan fingerprint density at radius 3 is 2.77 bits per heavy atom. The van der Waals surface area contributed by atoms with E-state index in [0.717, 1.165) is 41.8 Å². The average molecular weight is 411 g/mol. The number of aliphatic imine (C=N–C) groups is 1. The van der Waals surface area contributed by atoms with Crippen LogP contribution in [0.3, 0.4) is 0 Å². The minimum atomic E-state index is -1.04.